The molecule has 0 amide bonds. The van der Waals surface area contributed by atoms with Crippen molar-refractivity contribution in [2.24, 2.45) is 11.8 Å². The van der Waals surface area contributed by atoms with Gasteiger partial charge in [0, 0.05) is 27.9 Å². The van der Waals surface area contributed by atoms with Gasteiger partial charge in [0.05, 0.1) is 12.7 Å². The molecule has 1 N–H and O–H groups in total. The fourth-order valence-electron chi connectivity index (χ4n) is 5.34. The molecule has 33 heavy (non-hydrogen) atoms. The summed E-state index contributed by atoms with van der Waals surface area (Å²) in [6.45, 7) is 3.71. The zero-order valence-corrected chi connectivity index (χ0v) is 20.0. The van der Waals surface area contributed by atoms with Crippen molar-refractivity contribution < 1.29 is 23.9 Å². The van der Waals surface area contributed by atoms with Crippen molar-refractivity contribution in [3.63, 3.8) is 0 Å². The normalized spacial score (nSPS) is 25.9. The largest absolute Gasteiger partial charge is 0.468 e. The monoisotopic (exact) mass is 471 g/mol. The molecule has 0 spiro atoms. The van der Waals surface area contributed by atoms with Crippen molar-refractivity contribution >= 4 is 29.3 Å². The molecular formula is C26H30ClNO5. The van der Waals surface area contributed by atoms with E-state index in [1.165, 1.54) is 7.11 Å². The number of ketones is 1. The number of esters is 2. The fourth-order valence-corrected chi connectivity index (χ4v) is 5.46. The fraction of sp³-hybridized carbons (Fsp3) is 0.500. The Hall–Kier alpha value is -2.60. The first kappa shape index (κ1) is 23.6. The van der Waals surface area contributed by atoms with E-state index < -0.39 is 23.8 Å². The van der Waals surface area contributed by atoms with Gasteiger partial charge in [0.2, 0.25) is 0 Å². The molecule has 0 aromatic heterocycles. The number of benzene rings is 1. The summed E-state index contributed by atoms with van der Waals surface area (Å²) in [5, 5.41) is 3.86. The zero-order valence-electron chi connectivity index (χ0n) is 19.3. The predicted octanol–water partition coefficient (Wildman–Crippen LogP) is 4.83. The molecule has 3 atom stereocenters. The Morgan fingerprint density at radius 2 is 1.76 bits per heavy atom. The quantitative estimate of drug-likeness (QED) is 0.500. The van der Waals surface area contributed by atoms with E-state index in [4.69, 9.17) is 21.1 Å². The van der Waals surface area contributed by atoms with Crippen molar-refractivity contribution in [1.82, 2.24) is 5.32 Å². The smallest absolute Gasteiger partial charge is 0.337 e. The molecule has 1 aromatic rings. The number of hydrogen-bond donors (Lipinski definition) is 1. The average molecular weight is 472 g/mol. The Morgan fingerprint density at radius 1 is 1.09 bits per heavy atom. The highest BCUT2D eigenvalue weighted by molar-refractivity contribution is 6.30. The number of Topliss-reactive ketones (excluding diaryl/α,β-unsaturated/α-hetero) is 1. The van der Waals surface area contributed by atoms with E-state index in [0.29, 0.717) is 28.3 Å². The second-order valence-electron chi connectivity index (χ2n) is 9.25. The van der Waals surface area contributed by atoms with E-state index in [1.807, 2.05) is 26.0 Å². The van der Waals surface area contributed by atoms with Crippen LogP contribution in [-0.4, -0.2) is 30.9 Å². The molecule has 1 aromatic carbocycles. The third kappa shape index (κ3) is 4.58. The van der Waals surface area contributed by atoms with E-state index in [2.05, 4.69) is 5.32 Å². The number of ether oxygens (including phenoxy) is 2. The summed E-state index contributed by atoms with van der Waals surface area (Å²) < 4.78 is 10.9. The Bertz CT molecular complexity index is 1020. The van der Waals surface area contributed by atoms with Crippen LogP contribution in [0.25, 0.3) is 0 Å². The molecule has 2 aliphatic carbocycles. The maximum absolute atomic E-state index is 13.7. The van der Waals surface area contributed by atoms with Gasteiger partial charge >= 0.3 is 11.9 Å². The highest BCUT2D eigenvalue weighted by Gasteiger charge is 2.47. The van der Waals surface area contributed by atoms with Crippen molar-refractivity contribution in [2.75, 3.05) is 7.11 Å². The summed E-state index contributed by atoms with van der Waals surface area (Å²) in [5.41, 5.74) is 3.03. The van der Waals surface area contributed by atoms with Gasteiger partial charge in [-0.1, -0.05) is 37.1 Å². The summed E-state index contributed by atoms with van der Waals surface area (Å²) in [6.07, 6.45) is 5.34. The number of halogens is 1. The van der Waals surface area contributed by atoms with Gasteiger partial charge < -0.3 is 14.8 Å². The first-order chi connectivity index (χ1) is 15.8. The third-order valence-electron chi connectivity index (χ3n) is 6.99. The van der Waals surface area contributed by atoms with E-state index in [-0.39, 0.29) is 17.8 Å². The van der Waals surface area contributed by atoms with E-state index in [1.54, 1.807) is 12.1 Å². The minimum atomic E-state index is -0.903. The lowest BCUT2D eigenvalue weighted by Crippen LogP contribution is -2.43. The minimum Gasteiger partial charge on any atom is -0.468 e. The van der Waals surface area contributed by atoms with Gasteiger partial charge in [-0.2, -0.15) is 0 Å². The molecule has 0 radical (unpaired) electrons. The minimum absolute atomic E-state index is 0.113. The molecule has 6 nitrogen and oxygen atoms in total. The summed E-state index contributed by atoms with van der Waals surface area (Å²) in [4.78, 5) is 39.6. The number of carbonyl (C=O) groups excluding carboxylic acids is 3. The number of allylic oxidation sites excluding steroid dienone is 3. The lowest BCUT2D eigenvalue weighted by Gasteiger charge is -2.38. The number of methoxy groups -OCH3 is 1. The number of hydrogen-bond acceptors (Lipinski definition) is 6. The van der Waals surface area contributed by atoms with Crippen LogP contribution in [0.2, 0.25) is 5.02 Å². The number of rotatable bonds is 4. The molecule has 7 heteroatoms. The second kappa shape index (κ2) is 9.72. The molecule has 0 bridgehead atoms. The number of carbonyl (C=O) groups is 3. The van der Waals surface area contributed by atoms with Crippen molar-refractivity contribution in [2.45, 2.75) is 64.4 Å². The third-order valence-corrected chi connectivity index (χ3v) is 7.24. The molecule has 1 fully saturated rings. The molecule has 1 heterocycles. The van der Waals surface area contributed by atoms with E-state index in [0.717, 1.165) is 43.4 Å². The van der Waals surface area contributed by atoms with Crippen LogP contribution >= 0.6 is 11.6 Å². The molecule has 0 unspecified atom stereocenters. The van der Waals surface area contributed by atoms with Crippen molar-refractivity contribution in [3.05, 3.63) is 57.4 Å². The summed E-state index contributed by atoms with van der Waals surface area (Å²) in [5.74, 6) is -3.03. The standard InChI is InChI=1S/C26H30ClNO5/c1-14-13-19-23(24(29)20(14)25(30)32-3)22(16-9-11-17(27)12-10-16)21(15(2)28-19)26(31)33-18-7-5-4-6-8-18/h9-12,14,18,20,22,28H,4-8,13H2,1-3H3/t14-,20+,22+/m1/s1. The maximum Gasteiger partial charge on any atom is 0.337 e. The molecule has 1 saturated carbocycles. The van der Waals surface area contributed by atoms with Gasteiger partial charge in [-0.25, -0.2) is 4.79 Å². The molecule has 3 aliphatic rings. The van der Waals surface area contributed by atoms with Gasteiger partial charge in [-0.05, 0) is 62.6 Å². The topological polar surface area (TPSA) is 81.7 Å². The van der Waals surface area contributed by atoms with Gasteiger partial charge in [-0.3, -0.25) is 9.59 Å². The first-order valence-electron chi connectivity index (χ1n) is 11.6. The molecule has 1 aliphatic heterocycles. The van der Waals surface area contributed by atoms with Crippen LogP contribution in [-0.2, 0) is 23.9 Å². The van der Waals surface area contributed by atoms with Crippen LogP contribution in [0.15, 0.2) is 46.8 Å². The summed E-state index contributed by atoms with van der Waals surface area (Å²) in [6, 6.07) is 7.13. The van der Waals surface area contributed by atoms with Crippen LogP contribution in [0.4, 0.5) is 0 Å². The van der Waals surface area contributed by atoms with Crippen molar-refractivity contribution in [3.8, 4) is 0 Å². The Labute approximate surface area is 199 Å². The number of dihydropyridines is 1. The van der Waals surface area contributed by atoms with Gasteiger partial charge in [0.15, 0.2) is 5.78 Å². The Morgan fingerprint density at radius 3 is 2.39 bits per heavy atom. The van der Waals surface area contributed by atoms with Crippen LogP contribution in [0.3, 0.4) is 0 Å². The first-order valence-corrected chi connectivity index (χ1v) is 12.0. The summed E-state index contributed by atoms with van der Waals surface area (Å²) >= 11 is 6.12. The predicted molar refractivity (Wildman–Crippen MR) is 124 cm³/mol. The van der Waals surface area contributed by atoms with Crippen LogP contribution in [0.5, 0.6) is 0 Å². The van der Waals surface area contributed by atoms with E-state index >= 15 is 0 Å². The highest BCUT2D eigenvalue weighted by atomic mass is 35.5. The maximum atomic E-state index is 13.7. The Kier molecular flexibility index (Phi) is 6.94. The van der Waals surface area contributed by atoms with Gasteiger partial charge in [-0.15, -0.1) is 0 Å². The second-order valence-corrected chi connectivity index (χ2v) is 9.69. The molecular weight excluding hydrogens is 442 g/mol. The van der Waals surface area contributed by atoms with E-state index in [9.17, 15) is 14.4 Å². The molecule has 176 valence electrons. The SMILES string of the molecule is COC(=O)[C@@H]1C(=O)C2=C(C[C@H]1C)NC(C)=C(C(=O)OC1CCCCC1)[C@@H]2c1ccc(Cl)cc1. The number of nitrogens with one attached hydrogen (secondary N) is 1. The Balaban J connectivity index is 1.77. The summed E-state index contributed by atoms with van der Waals surface area (Å²) in [7, 11) is 1.29. The highest BCUT2D eigenvalue weighted by Crippen LogP contribution is 2.45. The lowest BCUT2D eigenvalue weighted by atomic mass is 9.69. The van der Waals surface area contributed by atoms with Crippen LogP contribution < -0.4 is 5.32 Å². The molecule has 0 saturated heterocycles. The average Bonchev–Trinajstić information content (AvgIpc) is 2.79. The van der Waals surface area contributed by atoms with Gasteiger partial charge in [0.25, 0.3) is 0 Å². The van der Waals surface area contributed by atoms with Crippen LogP contribution in [0.1, 0.15) is 63.9 Å². The zero-order chi connectivity index (χ0) is 23.7. The lowest BCUT2D eigenvalue weighted by molar-refractivity contribution is -0.151. The van der Waals surface area contributed by atoms with Gasteiger partial charge in [0.1, 0.15) is 12.0 Å². The van der Waals surface area contributed by atoms with Crippen molar-refractivity contribution in [1.29, 1.82) is 0 Å². The van der Waals surface area contributed by atoms with Crippen LogP contribution in [0, 0.1) is 11.8 Å². The molecule has 4 rings (SSSR count).